The number of hydrogen-bond acceptors (Lipinski definition) is 1. The molecule has 10 heavy (non-hydrogen) atoms. The van der Waals surface area contributed by atoms with Gasteiger partial charge in [0.1, 0.15) is 0 Å². The van der Waals surface area contributed by atoms with E-state index in [4.69, 9.17) is 0 Å². The van der Waals surface area contributed by atoms with Gasteiger partial charge >= 0.3 is 17.6 Å². The summed E-state index contributed by atoms with van der Waals surface area (Å²) in [7, 11) is 0. The molecule has 2 heteroatoms. The summed E-state index contributed by atoms with van der Waals surface area (Å²) in [5.74, 6) is 0. The number of unbranched alkanes of at least 4 members (excludes halogenated alkanes) is 1. The summed E-state index contributed by atoms with van der Waals surface area (Å²) < 4.78 is 0. The van der Waals surface area contributed by atoms with Crippen molar-refractivity contribution in [2.75, 3.05) is 19.6 Å². The summed E-state index contributed by atoms with van der Waals surface area (Å²) in [6.07, 6.45) is 2.30. The van der Waals surface area contributed by atoms with Gasteiger partial charge in [-0.25, -0.2) is 0 Å². The second-order valence-corrected chi connectivity index (χ2v) is 2.23. The molecule has 0 aliphatic rings. The minimum atomic E-state index is 0. The number of hydrogen-bond donors (Lipinski definition) is 0. The standard InChI is InChI=1S/C8H18N.GeH4/c1-4-7-8-9(5-2)6-3;/h1,4-8H2,2-3H3;1H4. The fourth-order valence-electron chi connectivity index (χ4n) is 0.875. The predicted molar refractivity (Wildman–Crippen MR) is 53.7 cm³/mol. The van der Waals surface area contributed by atoms with Gasteiger partial charge < -0.3 is 4.90 Å². The zero-order valence-corrected chi connectivity index (χ0v) is 6.69. The van der Waals surface area contributed by atoms with Crippen LogP contribution >= 0.6 is 0 Å². The normalized spacial score (nSPS) is 9.60. The molecular weight excluding hydrogens is 183 g/mol. The molecule has 0 fully saturated rings. The molecular formula is C8H22GeN. The molecule has 0 atom stereocenters. The van der Waals surface area contributed by atoms with Crippen molar-refractivity contribution in [1.29, 1.82) is 0 Å². The van der Waals surface area contributed by atoms with E-state index in [1.54, 1.807) is 0 Å². The van der Waals surface area contributed by atoms with Crippen molar-refractivity contribution in [3.05, 3.63) is 6.92 Å². The third-order valence-electron chi connectivity index (χ3n) is 1.62. The average Bonchev–Trinajstić information content (AvgIpc) is 1.91. The first-order chi connectivity index (χ1) is 4.35. The molecule has 0 saturated heterocycles. The van der Waals surface area contributed by atoms with Crippen LogP contribution < -0.4 is 0 Å². The van der Waals surface area contributed by atoms with Crippen LogP contribution in [0.3, 0.4) is 0 Å². The van der Waals surface area contributed by atoms with Crippen LogP contribution in [0.2, 0.25) is 0 Å². The van der Waals surface area contributed by atoms with Crippen LogP contribution in [0.5, 0.6) is 0 Å². The van der Waals surface area contributed by atoms with Gasteiger partial charge in [-0.15, -0.1) is 0 Å². The van der Waals surface area contributed by atoms with Crippen molar-refractivity contribution in [3.8, 4) is 0 Å². The molecule has 63 valence electrons. The summed E-state index contributed by atoms with van der Waals surface area (Å²) in [6.45, 7) is 11.8. The molecule has 0 amide bonds. The van der Waals surface area contributed by atoms with E-state index in [1.807, 2.05) is 0 Å². The van der Waals surface area contributed by atoms with Crippen LogP contribution in [0.25, 0.3) is 0 Å². The Kier molecular flexibility index (Phi) is 12.5. The van der Waals surface area contributed by atoms with Crippen LogP contribution in [0, 0.1) is 6.92 Å². The van der Waals surface area contributed by atoms with E-state index in [1.165, 1.54) is 26.1 Å². The SMILES string of the molecule is [CH2]CCCN(CC)CC.[GeH4]. The Morgan fingerprint density at radius 2 is 1.70 bits per heavy atom. The first kappa shape index (κ1) is 13.1. The third kappa shape index (κ3) is 6.62. The van der Waals surface area contributed by atoms with Gasteiger partial charge in [-0.05, 0) is 26.1 Å². The molecule has 0 aliphatic heterocycles. The van der Waals surface area contributed by atoms with Crippen molar-refractivity contribution in [3.63, 3.8) is 0 Å². The molecule has 0 saturated carbocycles. The van der Waals surface area contributed by atoms with Crippen LogP contribution in [-0.2, 0) is 0 Å². The van der Waals surface area contributed by atoms with E-state index < -0.39 is 0 Å². The van der Waals surface area contributed by atoms with Crippen LogP contribution in [0.15, 0.2) is 0 Å². The van der Waals surface area contributed by atoms with Crippen LogP contribution in [-0.4, -0.2) is 42.1 Å². The van der Waals surface area contributed by atoms with Gasteiger partial charge in [0.05, 0.1) is 0 Å². The van der Waals surface area contributed by atoms with Crippen molar-refractivity contribution in [2.24, 2.45) is 0 Å². The quantitative estimate of drug-likeness (QED) is 0.590. The van der Waals surface area contributed by atoms with Gasteiger partial charge in [0.25, 0.3) is 0 Å². The summed E-state index contributed by atoms with van der Waals surface area (Å²) in [4.78, 5) is 2.42. The van der Waals surface area contributed by atoms with Gasteiger partial charge in [-0.1, -0.05) is 27.2 Å². The fourth-order valence-corrected chi connectivity index (χ4v) is 0.875. The van der Waals surface area contributed by atoms with E-state index >= 15 is 0 Å². The molecule has 1 nitrogen and oxygen atoms in total. The molecule has 0 spiro atoms. The van der Waals surface area contributed by atoms with E-state index in [-0.39, 0.29) is 17.6 Å². The van der Waals surface area contributed by atoms with Crippen molar-refractivity contribution < 1.29 is 0 Å². The molecule has 0 bridgehead atoms. The molecule has 0 aromatic rings. The van der Waals surface area contributed by atoms with Gasteiger partial charge in [-0.2, -0.15) is 0 Å². The van der Waals surface area contributed by atoms with Crippen molar-refractivity contribution in [2.45, 2.75) is 26.7 Å². The predicted octanol–water partition coefficient (Wildman–Crippen LogP) is 0.491. The maximum absolute atomic E-state index is 3.80. The van der Waals surface area contributed by atoms with Gasteiger partial charge in [0, 0.05) is 0 Å². The molecule has 0 aromatic carbocycles. The maximum atomic E-state index is 3.80. The molecule has 0 heterocycles. The van der Waals surface area contributed by atoms with E-state index in [9.17, 15) is 0 Å². The topological polar surface area (TPSA) is 3.24 Å². The molecule has 0 aromatic heterocycles. The molecule has 0 rings (SSSR count). The second-order valence-electron chi connectivity index (χ2n) is 2.23. The van der Waals surface area contributed by atoms with E-state index in [2.05, 4.69) is 25.7 Å². The Morgan fingerprint density at radius 1 is 1.20 bits per heavy atom. The summed E-state index contributed by atoms with van der Waals surface area (Å²) >= 11 is 0. The number of rotatable bonds is 5. The Balaban J connectivity index is 0. The molecule has 0 aliphatic carbocycles. The van der Waals surface area contributed by atoms with E-state index in [0.29, 0.717) is 0 Å². The molecule has 0 unspecified atom stereocenters. The van der Waals surface area contributed by atoms with E-state index in [0.717, 1.165) is 6.42 Å². The zero-order valence-electron chi connectivity index (χ0n) is 6.69. The average molecular weight is 205 g/mol. The fraction of sp³-hybridized carbons (Fsp3) is 0.875. The van der Waals surface area contributed by atoms with Gasteiger partial charge in [0.2, 0.25) is 0 Å². The molecule has 0 N–H and O–H groups in total. The third-order valence-corrected chi connectivity index (χ3v) is 1.62. The Morgan fingerprint density at radius 3 is 2.00 bits per heavy atom. The van der Waals surface area contributed by atoms with Gasteiger partial charge in [-0.3, -0.25) is 0 Å². The minimum absolute atomic E-state index is 0. The Hall–Kier alpha value is 0.503. The van der Waals surface area contributed by atoms with Crippen molar-refractivity contribution >= 4 is 17.6 Å². The Bertz CT molecular complexity index is 53.2. The second kappa shape index (κ2) is 9.50. The first-order valence-electron chi connectivity index (χ1n) is 3.86. The first-order valence-corrected chi connectivity index (χ1v) is 3.86. The van der Waals surface area contributed by atoms with Crippen molar-refractivity contribution in [1.82, 2.24) is 4.90 Å². The van der Waals surface area contributed by atoms with Crippen LogP contribution in [0.4, 0.5) is 0 Å². The summed E-state index contributed by atoms with van der Waals surface area (Å²) in [6, 6.07) is 0. The monoisotopic (exact) mass is 206 g/mol. The van der Waals surface area contributed by atoms with Gasteiger partial charge in [0.15, 0.2) is 0 Å². The summed E-state index contributed by atoms with van der Waals surface area (Å²) in [5, 5.41) is 0. The van der Waals surface area contributed by atoms with Crippen LogP contribution in [0.1, 0.15) is 26.7 Å². The number of nitrogens with zero attached hydrogens (tertiary/aromatic N) is 1. The Labute approximate surface area is 76.2 Å². The zero-order chi connectivity index (χ0) is 7.11. The summed E-state index contributed by atoms with van der Waals surface area (Å²) in [5.41, 5.74) is 0. The molecule has 1 radical (unpaired) electrons.